The molecule has 6 nitrogen and oxygen atoms in total. The molecule has 1 aromatic rings. The van der Waals surface area contributed by atoms with Gasteiger partial charge < -0.3 is 20.8 Å². The van der Waals surface area contributed by atoms with Gasteiger partial charge in [-0.05, 0) is 18.4 Å². The fraction of sp³-hybridized carbons (Fsp3) is 0.429. The smallest absolute Gasteiger partial charge is 0.337 e. The molecule has 4 N–H and O–H groups in total. The average Bonchev–Trinajstić information content (AvgIpc) is 2.43. The summed E-state index contributed by atoms with van der Waals surface area (Å²) in [6.45, 7) is 3.17. The molecule has 110 valence electrons. The number of hydrogen-bond donors (Lipinski definition) is 4. The van der Waals surface area contributed by atoms with Gasteiger partial charge in [0.05, 0.1) is 6.54 Å². The van der Waals surface area contributed by atoms with Crippen LogP contribution < -0.4 is 10.6 Å². The van der Waals surface area contributed by atoms with Gasteiger partial charge in [-0.2, -0.15) is 0 Å². The van der Waals surface area contributed by atoms with Crippen molar-refractivity contribution in [2.45, 2.75) is 25.4 Å². The van der Waals surface area contributed by atoms with Gasteiger partial charge in [-0.3, -0.25) is 0 Å². The summed E-state index contributed by atoms with van der Waals surface area (Å²) >= 11 is 0. The maximum absolute atomic E-state index is 11.5. The van der Waals surface area contributed by atoms with Crippen LogP contribution in [0.1, 0.15) is 25.3 Å². The summed E-state index contributed by atoms with van der Waals surface area (Å²) in [5.41, 5.74) is -0.868. The van der Waals surface area contributed by atoms with Gasteiger partial charge in [0.1, 0.15) is 0 Å². The highest BCUT2D eigenvalue weighted by molar-refractivity contribution is 5.79. The molecule has 0 aromatic heterocycles. The summed E-state index contributed by atoms with van der Waals surface area (Å²) in [5, 5.41) is 23.1. The number of carboxylic acids is 1. The first-order valence-electron chi connectivity index (χ1n) is 6.35. The third kappa shape index (κ3) is 4.89. The van der Waals surface area contributed by atoms with E-state index in [0.29, 0.717) is 6.54 Å². The fourth-order valence-electron chi connectivity index (χ4n) is 1.54. The fourth-order valence-corrected chi connectivity index (χ4v) is 1.54. The Morgan fingerprint density at radius 3 is 2.40 bits per heavy atom. The van der Waals surface area contributed by atoms with E-state index in [-0.39, 0.29) is 12.5 Å². The van der Waals surface area contributed by atoms with Crippen molar-refractivity contribution in [2.75, 3.05) is 13.1 Å². The quantitative estimate of drug-likeness (QED) is 0.623. The highest BCUT2D eigenvalue weighted by atomic mass is 16.4. The van der Waals surface area contributed by atoms with E-state index in [4.69, 9.17) is 5.11 Å². The zero-order valence-corrected chi connectivity index (χ0v) is 11.6. The Hall–Kier alpha value is -2.08. The van der Waals surface area contributed by atoms with Crippen LogP contribution in [0.5, 0.6) is 0 Å². The number of aliphatic carboxylic acids is 1. The first-order valence-corrected chi connectivity index (χ1v) is 6.35. The number of carboxylic acid groups (broad SMARTS) is 1. The molecular formula is C14H20N2O4. The molecule has 2 unspecified atom stereocenters. The minimum absolute atomic E-state index is 0.141. The number of hydrogen-bond acceptors (Lipinski definition) is 3. The Bertz CT molecular complexity index is 460. The zero-order valence-electron chi connectivity index (χ0n) is 11.6. The molecule has 0 aliphatic heterocycles. The van der Waals surface area contributed by atoms with Gasteiger partial charge in [-0.15, -0.1) is 0 Å². The van der Waals surface area contributed by atoms with Crippen molar-refractivity contribution in [2.24, 2.45) is 0 Å². The largest absolute Gasteiger partial charge is 0.479 e. The predicted molar refractivity (Wildman–Crippen MR) is 74.5 cm³/mol. The predicted octanol–water partition coefficient (Wildman–Crippen LogP) is 0.925. The summed E-state index contributed by atoms with van der Waals surface area (Å²) in [4.78, 5) is 22.2. The summed E-state index contributed by atoms with van der Waals surface area (Å²) in [7, 11) is 0. The Morgan fingerprint density at radius 2 is 1.85 bits per heavy atom. The van der Waals surface area contributed by atoms with Crippen molar-refractivity contribution in [1.82, 2.24) is 10.6 Å². The number of carbonyl (C=O) groups is 2. The monoisotopic (exact) mass is 280 g/mol. The Kier molecular flexibility index (Phi) is 5.52. The average molecular weight is 280 g/mol. The van der Waals surface area contributed by atoms with Gasteiger partial charge in [-0.1, -0.05) is 37.3 Å². The van der Waals surface area contributed by atoms with Crippen LogP contribution in [0.25, 0.3) is 0 Å². The van der Waals surface area contributed by atoms with Crippen LogP contribution >= 0.6 is 0 Å². The Labute approximate surface area is 117 Å². The molecule has 2 amide bonds. The van der Waals surface area contributed by atoms with E-state index >= 15 is 0 Å². The number of nitrogens with one attached hydrogen (secondary N) is 2. The molecule has 0 bridgehead atoms. The topological polar surface area (TPSA) is 98.7 Å². The lowest BCUT2D eigenvalue weighted by Gasteiger charge is -2.19. The van der Waals surface area contributed by atoms with Crippen LogP contribution in [-0.2, 0) is 4.79 Å². The first kappa shape index (κ1) is 16.0. The molecule has 0 saturated carbocycles. The molecule has 0 saturated heterocycles. The second kappa shape index (κ2) is 6.91. The molecule has 1 rings (SSSR count). The van der Waals surface area contributed by atoms with Gasteiger partial charge in [0.15, 0.2) is 5.60 Å². The number of rotatable bonds is 6. The molecule has 0 radical (unpaired) electrons. The lowest BCUT2D eigenvalue weighted by molar-refractivity contribution is -0.155. The van der Waals surface area contributed by atoms with Crippen LogP contribution in [-0.4, -0.2) is 40.9 Å². The van der Waals surface area contributed by atoms with Crippen molar-refractivity contribution in [3.8, 4) is 0 Å². The Morgan fingerprint density at radius 1 is 1.25 bits per heavy atom. The minimum Gasteiger partial charge on any atom is -0.479 e. The standard InChI is InChI=1S/C14H20N2O4/c1-10(11-6-4-3-5-7-11)8-15-13(19)16-9-14(2,20)12(17)18/h3-7,10,20H,8-9H2,1-2H3,(H,17,18)(H2,15,16,19). The number of urea groups is 1. The summed E-state index contributed by atoms with van der Waals surface area (Å²) < 4.78 is 0. The summed E-state index contributed by atoms with van der Waals surface area (Å²) in [5.74, 6) is -1.24. The molecule has 0 aliphatic rings. The van der Waals surface area contributed by atoms with E-state index in [1.54, 1.807) is 0 Å². The van der Waals surface area contributed by atoms with Crippen LogP contribution in [0.2, 0.25) is 0 Å². The van der Waals surface area contributed by atoms with Crippen molar-refractivity contribution in [1.29, 1.82) is 0 Å². The van der Waals surface area contributed by atoms with E-state index < -0.39 is 17.6 Å². The molecule has 0 spiro atoms. The van der Waals surface area contributed by atoms with Crippen LogP contribution in [0.15, 0.2) is 30.3 Å². The summed E-state index contributed by atoms with van der Waals surface area (Å²) in [6.07, 6.45) is 0. The van der Waals surface area contributed by atoms with Gasteiger partial charge in [-0.25, -0.2) is 9.59 Å². The lowest BCUT2D eigenvalue weighted by atomic mass is 10.0. The van der Waals surface area contributed by atoms with E-state index in [1.165, 1.54) is 0 Å². The number of carbonyl (C=O) groups excluding carboxylic acids is 1. The number of amides is 2. The van der Waals surface area contributed by atoms with E-state index in [2.05, 4.69) is 10.6 Å². The first-order chi connectivity index (χ1) is 9.33. The molecule has 0 fully saturated rings. The maximum Gasteiger partial charge on any atom is 0.337 e. The van der Waals surface area contributed by atoms with E-state index in [9.17, 15) is 14.7 Å². The third-order valence-electron chi connectivity index (χ3n) is 2.99. The van der Waals surface area contributed by atoms with Crippen molar-refractivity contribution in [3.63, 3.8) is 0 Å². The van der Waals surface area contributed by atoms with Gasteiger partial charge in [0, 0.05) is 6.54 Å². The maximum atomic E-state index is 11.5. The van der Waals surface area contributed by atoms with Crippen LogP contribution in [0.4, 0.5) is 4.79 Å². The molecule has 2 atom stereocenters. The SMILES string of the molecule is CC(CNC(=O)NCC(C)(O)C(=O)O)c1ccccc1. The van der Waals surface area contributed by atoms with Gasteiger partial charge in [0.2, 0.25) is 0 Å². The third-order valence-corrected chi connectivity index (χ3v) is 2.99. The van der Waals surface area contributed by atoms with Crippen LogP contribution in [0.3, 0.4) is 0 Å². The van der Waals surface area contributed by atoms with Crippen molar-refractivity contribution < 1.29 is 19.8 Å². The van der Waals surface area contributed by atoms with Gasteiger partial charge >= 0.3 is 12.0 Å². The normalized spacial score (nSPS) is 14.9. The van der Waals surface area contributed by atoms with E-state index in [1.807, 2.05) is 37.3 Å². The van der Waals surface area contributed by atoms with E-state index in [0.717, 1.165) is 12.5 Å². The molecule has 20 heavy (non-hydrogen) atoms. The second-order valence-electron chi connectivity index (χ2n) is 4.95. The van der Waals surface area contributed by atoms with Crippen molar-refractivity contribution in [3.05, 3.63) is 35.9 Å². The molecular weight excluding hydrogens is 260 g/mol. The van der Waals surface area contributed by atoms with Crippen molar-refractivity contribution >= 4 is 12.0 Å². The highest BCUT2D eigenvalue weighted by Crippen LogP contribution is 2.12. The minimum atomic E-state index is -1.97. The molecule has 1 aromatic carbocycles. The molecule has 6 heteroatoms. The Balaban J connectivity index is 2.35. The molecule has 0 heterocycles. The van der Waals surface area contributed by atoms with Crippen LogP contribution in [0, 0.1) is 0 Å². The lowest BCUT2D eigenvalue weighted by Crippen LogP contribution is -2.49. The summed E-state index contributed by atoms with van der Waals surface area (Å²) in [6, 6.07) is 9.21. The highest BCUT2D eigenvalue weighted by Gasteiger charge is 2.30. The molecule has 0 aliphatic carbocycles. The number of aliphatic hydroxyl groups is 1. The zero-order chi connectivity index (χ0) is 15.2. The second-order valence-corrected chi connectivity index (χ2v) is 4.95. The van der Waals surface area contributed by atoms with Gasteiger partial charge in [0.25, 0.3) is 0 Å². The number of benzene rings is 1.